The smallest absolute Gasteiger partial charge is 0.268 e. The van der Waals surface area contributed by atoms with Gasteiger partial charge in [-0.3, -0.25) is 0 Å². The number of alkyl halides is 2. The molecule has 2 nitrogen and oxygen atoms in total. The van der Waals surface area contributed by atoms with Crippen LogP contribution >= 0.6 is 0 Å². The van der Waals surface area contributed by atoms with E-state index in [0.29, 0.717) is 11.1 Å². The van der Waals surface area contributed by atoms with Crippen molar-refractivity contribution in [3.8, 4) is 5.75 Å². The van der Waals surface area contributed by atoms with Crippen LogP contribution in [0.3, 0.4) is 0 Å². The Kier molecular flexibility index (Phi) is 3.06. The van der Waals surface area contributed by atoms with Crippen LogP contribution in [0.2, 0.25) is 0 Å². The van der Waals surface area contributed by atoms with Crippen LogP contribution in [0.15, 0.2) is 12.1 Å². The molecule has 0 fully saturated rings. The predicted molar refractivity (Wildman–Crippen MR) is 48.5 cm³/mol. The molecule has 0 radical (unpaired) electrons. The van der Waals surface area contributed by atoms with Crippen molar-refractivity contribution >= 4 is 0 Å². The van der Waals surface area contributed by atoms with Crippen LogP contribution in [0, 0.1) is 13.8 Å². The SMILES string of the molecule is Cc1cc(C(O)C(F)F)cc(C)c1O. The molecule has 0 saturated heterocycles. The van der Waals surface area contributed by atoms with E-state index in [4.69, 9.17) is 5.11 Å². The van der Waals surface area contributed by atoms with Crippen LogP contribution in [0.5, 0.6) is 5.75 Å². The zero-order valence-corrected chi connectivity index (χ0v) is 7.96. The molecular weight excluding hydrogens is 190 g/mol. The number of aliphatic hydroxyl groups is 1. The first-order valence-corrected chi connectivity index (χ1v) is 4.19. The second kappa shape index (κ2) is 3.92. The molecule has 1 atom stereocenters. The Balaban J connectivity index is 3.12. The normalized spacial score (nSPS) is 13.3. The van der Waals surface area contributed by atoms with E-state index in [-0.39, 0.29) is 11.3 Å². The van der Waals surface area contributed by atoms with Gasteiger partial charge < -0.3 is 10.2 Å². The van der Waals surface area contributed by atoms with E-state index in [0.717, 1.165) is 0 Å². The van der Waals surface area contributed by atoms with Crippen LogP contribution in [0.4, 0.5) is 8.78 Å². The standard InChI is InChI=1S/C10H12F2O2/c1-5-3-7(9(14)10(11)12)4-6(2)8(5)13/h3-4,9-10,13-14H,1-2H3. The summed E-state index contributed by atoms with van der Waals surface area (Å²) >= 11 is 0. The van der Waals surface area contributed by atoms with Crippen molar-refractivity contribution in [3.63, 3.8) is 0 Å². The third kappa shape index (κ3) is 2.01. The third-order valence-electron chi connectivity index (χ3n) is 2.09. The molecule has 78 valence electrons. The summed E-state index contributed by atoms with van der Waals surface area (Å²) in [6.07, 6.45) is -4.59. The van der Waals surface area contributed by atoms with Gasteiger partial charge in [-0.05, 0) is 42.7 Å². The topological polar surface area (TPSA) is 40.5 Å². The van der Waals surface area contributed by atoms with Gasteiger partial charge in [0.15, 0.2) is 0 Å². The molecule has 0 saturated carbocycles. The number of aromatic hydroxyl groups is 1. The number of hydrogen-bond acceptors (Lipinski definition) is 2. The number of halogens is 2. The third-order valence-corrected chi connectivity index (χ3v) is 2.09. The molecule has 2 N–H and O–H groups in total. The van der Waals surface area contributed by atoms with Crippen molar-refractivity contribution in [2.24, 2.45) is 0 Å². The lowest BCUT2D eigenvalue weighted by molar-refractivity contribution is -0.00585. The maximum absolute atomic E-state index is 12.2. The minimum Gasteiger partial charge on any atom is -0.507 e. The first kappa shape index (κ1) is 10.9. The highest BCUT2D eigenvalue weighted by atomic mass is 19.3. The van der Waals surface area contributed by atoms with E-state index < -0.39 is 12.5 Å². The molecule has 0 bridgehead atoms. The van der Waals surface area contributed by atoms with Crippen LogP contribution in [0.25, 0.3) is 0 Å². The molecule has 14 heavy (non-hydrogen) atoms. The maximum atomic E-state index is 12.2. The predicted octanol–water partition coefficient (Wildman–Crippen LogP) is 2.31. The van der Waals surface area contributed by atoms with Crippen molar-refractivity contribution in [2.75, 3.05) is 0 Å². The number of phenolic OH excluding ortho intramolecular Hbond substituents is 1. The summed E-state index contributed by atoms with van der Waals surface area (Å²) in [6, 6.07) is 2.72. The van der Waals surface area contributed by atoms with Crippen LogP contribution in [-0.4, -0.2) is 16.6 Å². The number of rotatable bonds is 2. The van der Waals surface area contributed by atoms with Gasteiger partial charge in [0.25, 0.3) is 6.43 Å². The van der Waals surface area contributed by atoms with Crippen LogP contribution in [-0.2, 0) is 0 Å². The van der Waals surface area contributed by atoms with Gasteiger partial charge in [-0.1, -0.05) is 0 Å². The number of aryl methyl sites for hydroxylation is 2. The average Bonchev–Trinajstić information content (AvgIpc) is 2.12. The summed E-state index contributed by atoms with van der Waals surface area (Å²) in [4.78, 5) is 0. The maximum Gasteiger partial charge on any atom is 0.268 e. The van der Waals surface area contributed by atoms with Gasteiger partial charge in [0.05, 0.1) is 0 Å². The molecule has 1 aromatic carbocycles. The second-order valence-corrected chi connectivity index (χ2v) is 3.28. The van der Waals surface area contributed by atoms with Crippen molar-refractivity contribution in [2.45, 2.75) is 26.4 Å². The van der Waals surface area contributed by atoms with Gasteiger partial charge in [-0.25, -0.2) is 8.78 Å². The van der Waals surface area contributed by atoms with Crippen molar-refractivity contribution < 1.29 is 19.0 Å². The molecule has 1 aromatic rings. The zero-order valence-electron chi connectivity index (χ0n) is 7.96. The van der Waals surface area contributed by atoms with Gasteiger partial charge in [-0.15, -0.1) is 0 Å². The Morgan fingerprint density at radius 2 is 1.57 bits per heavy atom. The van der Waals surface area contributed by atoms with E-state index in [1.807, 2.05) is 0 Å². The minimum absolute atomic E-state index is 0.0789. The molecule has 0 aromatic heterocycles. The minimum atomic E-state index is -2.81. The molecule has 0 spiro atoms. The van der Waals surface area contributed by atoms with E-state index in [1.165, 1.54) is 12.1 Å². The van der Waals surface area contributed by atoms with E-state index in [1.54, 1.807) is 13.8 Å². The lowest BCUT2D eigenvalue weighted by atomic mass is 10.0. The van der Waals surface area contributed by atoms with Gasteiger partial charge in [-0.2, -0.15) is 0 Å². The summed E-state index contributed by atoms with van der Waals surface area (Å²) in [5.74, 6) is 0.0789. The van der Waals surface area contributed by atoms with Gasteiger partial charge in [0, 0.05) is 0 Å². The summed E-state index contributed by atoms with van der Waals surface area (Å²) in [5, 5.41) is 18.5. The van der Waals surface area contributed by atoms with Crippen LogP contribution in [0.1, 0.15) is 22.8 Å². The van der Waals surface area contributed by atoms with Gasteiger partial charge >= 0.3 is 0 Å². The summed E-state index contributed by atoms with van der Waals surface area (Å²) in [6.45, 7) is 3.20. The highest BCUT2D eigenvalue weighted by Crippen LogP contribution is 2.28. The molecule has 0 aliphatic rings. The summed E-state index contributed by atoms with van der Waals surface area (Å²) in [7, 11) is 0. The number of hydrogen-bond donors (Lipinski definition) is 2. The molecule has 0 amide bonds. The van der Waals surface area contributed by atoms with Gasteiger partial charge in [0.2, 0.25) is 0 Å². The van der Waals surface area contributed by atoms with Crippen molar-refractivity contribution in [3.05, 3.63) is 28.8 Å². The molecular formula is C10H12F2O2. The fourth-order valence-corrected chi connectivity index (χ4v) is 1.31. The van der Waals surface area contributed by atoms with E-state index in [9.17, 15) is 13.9 Å². The number of phenols is 1. The van der Waals surface area contributed by atoms with Crippen molar-refractivity contribution in [1.29, 1.82) is 0 Å². The Hall–Kier alpha value is -1.16. The summed E-state index contributed by atoms with van der Waals surface area (Å²) < 4.78 is 24.3. The fraction of sp³-hybridized carbons (Fsp3) is 0.400. The molecule has 4 heteroatoms. The molecule has 0 aliphatic heterocycles. The highest BCUT2D eigenvalue weighted by Gasteiger charge is 2.20. The lowest BCUT2D eigenvalue weighted by Gasteiger charge is -2.12. The quantitative estimate of drug-likeness (QED) is 0.772. The number of aliphatic hydroxyl groups excluding tert-OH is 1. The van der Waals surface area contributed by atoms with Crippen LogP contribution < -0.4 is 0 Å². The largest absolute Gasteiger partial charge is 0.507 e. The molecule has 1 rings (SSSR count). The Morgan fingerprint density at radius 3 is 1.93 bits per heavy atom. The highest BCUT2D eigenvalue weighted by molar-refractivity contribution is 5.42. The Bertz CT molecular complexity index is 314. The summed E-state index contributed by atoms with van der Waals surface area (Å²) in [5.41, 5.74) is 1.10. The first-order chi connectivity index (χ1) is 6.43. The lowest BCUT2D eigenvalue weighted by Crippen LogP contribution is -2.08. The number of benzene rings is 1. The monoisotopic (exact) mass is 202 g/mol. The van der Waals surface area contributed by atoms with E-state index in [2.05, 4.69) is 0 Å². The second-order valence-electron chi connectivity index (χ2n) is 3.28. The molecule has 0 heterocycles. The van der Waals surface area contributed by atoms with Gasteiger partial charge in [0.1, 0.15) is 11.9 Å². The van der Waals surface area contributed by atoms with E-state index >= 15 is 0 Å². The Morgan fingerprint density at radius 1 is 1.14 bits per heavy atom. The fourth-order valence-electron chi connectivity index (χ4n) is 1.31. The molecule has 0 aliphatic carbocycles. The zero-order chi connectivity index (χ0) is 10.9. The average molecular weight is 202 g/mol. The first-order valence-electron chi connectivity index (χ1n) is 4.19. The Labute approximate surface area is 80.8 Å². The van der Waals surface area contributed by atoms with Crippen molar-refractivity contribution in [1.82, 2.24) is 0 Å². The molecule has 1 unspecified atom stereocenters.